The van der Waals surface area contributed by atoms with Crippen LogP contribution in [0.5, 0.6) is 0 Å². The molecule has 6 nitrogen and oxygen atoms in total. The van der Waals surface area contributed by atoms with Gasteiger partial charge in [0.2, 0.25) is 5.91 Å². The molecule has 1 heterocycles. The zero-order chi connectivity index (χ0) is 13.2. The van der Waals surface area contributed by atoms with E-state index in [0.29, 0.717) is 19.7 Å². The topological polar surface area (TPSA) is 68.2 Å². The Hall–Kier alpha value is -1.40. The van der Waals surface area contributed by atoms with Gasteiger partial charge >= 0.3 is 0 Å². The van der Waals surface area contributed by atoms with Gasteiger partial charge in [-0.25, -0.2) is 0 Å². The molecule has 1 rings (SSSR count). The molecule has 1 aromatic heterocycles. The van der Waals surface area contributed by atoms with E-state index in [2.05, 4.69) is 15.7 Å². The van der Waals surface area contributed by atoms with E-state index in [-0.39, 0.29) is 11.9 Å². The maximum Gasteiger partial charge on any atom is 0.233 e. The molecule has 0 aromatic carbocycles. The lowest BCUT2D eigenvalue weighted by atomic mass is 10.3. The van der Waals surface area contributed by atoms with Crippen molar-refractivity contribution in [3.8, 4) is 0 Å². The van der Waals surface area contributed by atoms with Gasteiger partial charge in [0, 0.05) is 38.7 Å². The minimum Gasteiger partial charge on any atom is -0.385 e. The molecule has 0 spiro atoms. The quantitative estimate of drug-likeness (QED) is 0.609. The monoisotopic (exact) mass is 254 g/mol. The smallest absolute Gasteiger partial charge is 0.233 e. The largest absolute Gasteiger partial charge is 0.385 e. The fourth-order valence-corrected chi connectivity index (χ4v) is 1.53. The molecule has 1 atom stereocenters. The van der Waals surface area contributed by atoms with Crippen molar-refractivity contribution in [2.75, 3.05) is 26.8 Å². The number of methoxy groups -OCH3 is 1. The van der Waals surface area contributed by atoms with E-state index in [1.165, 1.54) is 0 Å². The Kier molecular flexibility index (Phi) is 7.05. The molecular weight excluding hydrogens is 232 g/mol. The van der Waals surface area contributed by atoms with Gasteiger partial charge in [-0.15, -0.1) is 0 Å². The predicted octanol–water partition coefficient (Wildman–Crippen LogP) is 0.0139. The van der Waals surface area contributed by atoms with Gasteiger partial charge in [-0.3, -0.25) is 9.48 Å². The van der Waals surface area contributed by atoms with E-state index in [9.17, 15) is 4.79 Å². The first kappa shape index (κ1) is 14.7. The number of aromatic nitrogens is 2. The van der Waals surface area contributed by atoms with Crippen LogP contribution in [-0.4, -0.2) is 48.5 Å². The summed E-state index contributed by atoms with van der Waals surface area (Å²) in [5, 5.41) is 10.1. The lowest BCUT2D eigenvalue weighted by Gasteiger charge is -2.13. The van der Waals surface area contributed by atoms with Crippen LogP contribution in [0.2, 0.25) is 0 Å². The van der Waals surface area contributed by atoms with Crippen molar-refractivity contribution in [3.05, 3.63) is 18.5 Å². The predicted molar refractivity (Wildman–Crippen MR) is 69.2 cm³/mol. The summed E-state index contributed by atoms with van der Waals surface area (Å²) in [6.07, 6.45) is 4.49. The van der Waals surface area contributed by atoms with Crippen LogP contribution in [0.25, 0.3) is 0 Å². The number of nitrogens with zero attached hydrogens (tertiary/aromatic N) is 2. The number of amides is 1. The van der Waals surface area contributed by atoms with E-state index >= 15 is 0 Å². The summed E-state index contributed by atoms with van der Waals surface area (Å²) in [5.41, 5.74) is 0. The van der Waals surface area contributed by atoms with Gasteiger partial charge in [-0.1, -0.05) is 0 Å². The molecule has 0 saturated carbocycles. The molecule has 0 saturated heterocycles. The molecule has 102 valence electrons. The Balaban J connectivity index is 2.06. The zero-order valence-electron chi connectivity index (χ0n) is 11.1. The SMILES string of the molecule is COCCCNC(=O)CNC(C)Cn1cccn1. The summed E-state index contributed by atoms with van der Waals surface area (Å²) in [6.45, 7) is 4.44. The number of carbonyl (C=O) groups excluding carboxylic acids is 1. The van der Waals surface area contributed by atoms with Crippen molar-refractivity contribution in [1.82, 2.24) is 20.4 Å². The van der Waals surface area contributed by atoms with Gasteiger partial charge in [0.15, 0.2) is 0 Å². The van der Waals surface area contributed by atoms with Gasteiger partial charge in [0.1, 0.15) is 0 Å². The van der Waals surface area contributed by atoms with Crippen LogP contribution in [0.3, 0.4) is 0 Å². The number of ether oxygens (including phenoxy) is 1. The lowest BCUT2D eigenvalue weighted by molar-refractivity contribution is -0.120. The summed E-state index contributed by atoms with van der Waals surface area (Å²) in [6, 6.07) is 2.09. The Labute approximate surface area is 108 Å². The highest BCUT2D eigenvalue weighted by Crippen LogP contribution is 1.89. The first-order chi connectivity index (χ1) is 8.72. The number of hydrogen-bond acceptors (Lipinski definition) is 4. The molecule has 1 amide bonds. The van der Waals surface area contributed by atoms with Gasteiger partial charge in [-0.2, -0.15) is 5.10 Å². The van der Waals surface area contributed by atoms with E-state index < -0.39 is 0 Å². The first-order valence-electron chi connectivity index (χ1n) is 6.19. The molecule has 0 aliphatic carbocycles. The van der Waals surface area contributed by atoms with Crippen LogP contribution in [0.4, 0.5) is 0 Å². The molecule has 0 bridgehead atoms. The molecule has 18 heavy (non-hydrogen) atoms. The van der Waals surface area contributed by atoms with Crippen LogP contribution in [0.15, 0.2) is 18.5 Å². The van der Waals surface area contributed by atoms with E-state index in [1.54, 1.807) is 13.3 Å². The Bertz CT molecular complexity index is 327. The fourth-order valence-electron chi connectivity index (χ4n) is 1.53. The average molecular weight is 254 g/mol. The van der Waals surface area contributed by atoms with Crippen molar-refractivity contribution < 1.29 is 9.53 Å². The normalized spacial score (nSPS) is 12.3. The second-order valence-corrected chi connectivity index (χ2v) is 4.21. The minimum absolute atomic E-state index is 0.0124. The summed E-state index contributed by atoms with van der Waals surface area (Å²) < 4.78 is 6.75. The van der Waals surface area contributed by atoms with E-state index in [4.69, 9.17) is 4.74 Å². The van der Waals surface area contributed by atoms with Crippen molar-refractivity contribution in [3.63, 3.8) is 0 Å². The minimum atomic E-state index is 0.0124. The third-order valence-electron chi connectivity index (χ3n) is 2.48. The van der Waals surface area contributed by atoms with Gasteiger partial charge < -0.3 is 15.4 Å². The second-order valence-electron chi connectivity index (χ2n) is 4.21. The Morgan fingerprint density at radius 1 is 1.56 bits per heavy atom. The Morgan fingerprint density at radius 2 is 2.39 bits per heavy atom. The maximum absolute atomic E-state index is 11.5. The summed E-state index contributed by atoms with van der Waals surface area (Å²) >= 11 is 0. The van der Waals surface area contributed by atoms with Crippen LogP contribution >= 0.6 is 0 Å². The summed E-state index contributed by atoms with van der Waals surface area (Å²) in [7, 11) is 1.65. The molecule has 0 fully saturated rings. The van der Waals surface area contributed by atoms with Gasteiger partial charge in [0.25, 0.3) is 0 Å². The molecule has 1 aromatic rings. The molecular formula is C12H22N4O2. The number of rotatable bonds is 9. The third kappa shape index (κ3) is 6.36. The molecule has 0 aliphatic rings. The number of hydrogen-bond donors (Lipinski definition) is 2. The zero-order valence-corrected chi connectivity index (χ0v) is 11.1. The fraction of sp³-hybridized carbons (Fsp3) is 0.667. The highest BCUT2D eigenvalue weighted by molar-refractivity contribution is 5.77. The Morgan fingerprint density at radius 3 is 3.06 bits per heavy atom. The average Bonchev–Trinajstić information content (AvgIpc) is 2.85. The van der Waals surface area contributed by atoms with Crippen LogP contribution in [0.1, 0.15) is 13.3 Å². The van der Waals surface area contributed by atoms with Crippen molar-refractivity contribution in [1.29, 1.82) is 0 Å². The van der Waals surface area contributed by atoms with Crippen LogP contribution in [-0.2, 0) is 16.1 Å². The second kappa shape index (κ2) is 8.66. The van der Waals surface area contributed by atoms with E-state index in [0.717, 1.165) is 13.0 Å². The molecule has 0 aliphatic heterocycles. The van der Waals surface area contributed by atoms with Crippen molar-refractivity contribution in [2.24, 2.45) is 0 Å². The van der Waals surface area contributed by atoms with Gasteiger partial charge in [-0.05, 0) is 19.4 Å². The third-order valence-corrected chi connectivity index (χ3v) is 2.48. The standard InChI is InChI=1S/C12H22N4O2/c1-11(10-16-7-3-6-15-16)14-9-12(17)13-5-4-8-18-2/h3,6-7,11,14H,4-5,8-10H2,1-2H3,(H,13,17). The number of carbonyl (C=O) groups is 1. The maximum atomic E-state index is 11.5. The molecule has 1 unspecified atom stereocenters. The first-order valence-corrected chi connectivity index (χ1v) is 6.19. The molecule has 0 radical (unpaired) electrons. The molecule has 2 N–H and O–H groups in total. The molecule has 6 heteroatoms. The summed E-state index contributed by atoms with van der Waals surface area (Å²) in [4.78, 5) is 11.5. The summed E-state index contributed by atoms with van der Waals surface area (Å²) in [5.74, 6) is 0.0124. The van der Waals surface area contributed by atoms with Crippen molar-refractivity contribution in [2.45, 2.75) is 25.9 Å². The highest BCUT2D eigenvalue weighted by atomic mass is 16.5. The lowest BCUT2D eigenvalue weighted by Crippen LogP contribution is -2.40. The number of nitrogens with one attached hydrogen (secondary N) is 2. The van der Waals surface area contributed by atoms with Crippen molar-refractivity contribution >= 4 is 5.91 Å². The van der Waals surface area contributed by atoms with Crippen LogP contribution in [0, 0.1) is 0 Å². The van der Waals surface area contributed by atoms with E-state index in [1.807, 2.05) is 23.9 Å². The van der Waals surface area contributed by atoms with Gasteiger partial charge in [0.05, 0.1) is 13.1 Å². The highest BCUT2D eigenvalue weighted by Gasteiger charge is 2.05. The van der Waals surface area contributed by atoms with Crippen LogP contribution < -0.4 is 10.6 Å².